The van der Waals surface area contributed by atoms with E-state index in [0.29, 0.717) is 27.8 Å². The van der Waals surface area contributed by atoms with E-state index in [1.54, 1.807) is 48.8 Å². The molecule has 2 aliphatic rings. The number of sulfonamides is 1. The number of anilines is 2. The molecule has 0 radical (unpaired) electrons. The lowest BCUT2D eigenvalue weighted by molar-refractivity contribution is 0.466. The number of fused-ring (bicyclic) bond motifs is 1. The maximum absolute atomic E-state index is 14.9. The first-order chi connectivity index (χ1) is 17.2. The van der Waals surface area contributed by atoms with E-state index in [-0.39, 0.29) is 34.6 Å². The summed E-state index contributed by atoms with van der Waals surface area (Å²) >= 11 is 0. The zero-order valence-corrected chi connectivity index (χ0v) is 20.3. The van der Waals surface area contributed by atoms with Gasteiger partial charge in [0.05, 0.1) is 22.7 Å². The van der Waals surface area contributed by atoms with Crippen molar-refractivity contribution in [3.8, 4) is 22.9 Å². The van der Waals surface area contributed by atoms with E-state index in [9.17, 15) is 12.8 Å². The molecule has 0 saturated heterocycles. The van der Waals surface area contributed by atoms with Gasteiger partial charge in [0.15, 0.2) is 0 Å². The summed E-state index contributed by atoms with van der Waals surface area (Å²) < 4.78 is 49.5. The highest BCUT2D eigenvalue weighted by atomic mass is 32.2. The van der Waals surface area contributed by atoms with Gasteiger partial charge in [-0.15, -0.1) is 0 Å². The van der Waals surface area contributed by atoms with Crippen molar-refractivity contribution in [3.05, 3.63) is 66.2 Å². The minimum atomic E-state index is -3.71. The minimum absolute atomic E-state index is 0.0113. The molecule has 0 bridgehead atoms. The van der Waals surface area contributed by atoms with Crippen molar-refractivity contribution in [3.63, 3.8) is 0 Å². The third-order valence-corrected chi connectivity index (χ3v) is 8.50. The summed E-state index contributed by atoms with van der Waals surface area (Å²) in [5, 5.41) is 0.956. The summed E-state index contributed by atoms with van der Waals surface area (Å²) in [7, 11) is -3.71. The molecule has 4 aromatic rings. The largest absolute Gasteiger partial charge is 0.437 e. The molecule has 2 aliphatic carbocycles. The summed E-state index contributed by atoms with van der Waals surface area (Å²) in [6, 6.07) is 11.5. The number of aromatic nitrogens is 3. The highest BCUT2D eigenvalue weighted by Gasteiger charge is 2.63. The number of aryl methyl sites for hydroxylation is 1. The summed E-state index contributed by atoms with van der Waals surface area (Å²) in [5.74, 6) is 0.364. The molecule has 1 atom stereocenters. The fraction of sp³-hybridized carbons (Fsp3) is 0.269. The van der Waals surface area contributed by atoms with Gasteiger partial charge in [-0.1, -0.05) is 12.1 Å². The number of nitrogens with one attached hydrogen (secondary N) is 1. The SMILES string of the molecule is Cc1ccc2c(NS(=O)(=O)C[C@H]3CC34CC4)c(F)ccc2c1Oc1ncccc1-c1ccnc(N)n1. The van der Waals surface area contributed by atoms with Crippen molar-refractivity contribution >= 4 is 32.4 Å². The van der Waals surface area contributed by atoms with Crippen LogP contribution in [-0.2, 0) is 10.0 Å². The number of nitrogens with two attached hydrogens (primary N) is 1. The number of halogens is 1. The van der Waals surface area contributed by atoms with Crippen LogP contribution in [0.1, 0.15) is 24.8 Å². The average Bonchev–Trinajstić information content (AvgIpc) is 3.76. The Kier molecular flexibility index (Phi) is 5.11. The Balaban J connectivity index is 1.38. The molecule has 0 unspecified atom stereocenters. The fourth-order valence-corrected chi connectivity index (χ4v) is 6.49. The predicted octanol–water partition coefficient (Wildman–Crippen LogP) is 5.06. The first-order valence-corrected chi connectivity index (χ1v) is 13.3. The van der Waals surface area contributed by atoms with Crippen LogP contribution in [0, 0.1) is 24.1 Å². The summed E-state index contributed by atoms with van der Waals surface area (Å²) in [4.78, 5) is 12.6. The van der Waals surface area contributed by atoms with Crippen LogP contribution in [0.4, 0.5) is 16.0 Å². The van der Waals surface area contributed by atoms with E-state index in [2.05, 4.69) is 19.7 Å². The van der Waals surface area contributed by atoms with Crippen molar-refractivity contribution < 1.29 is 17.5 Å². The van der Waals surface area contributed by atoms with Crippen LogP contribution >= 0.6 is 0 Å². The van der Waals surface area contributed by atoms with Crippen LogP contribution in [0.2, 0.25) is 0 Å². The Bertz CT molecular complexity index is 1620. The van der Waals surface area contributed by atoms with Crippen molar-refractivity contribution in [1.82, 2.24) is 15.0 Å². The van der Waals surface area contributed by atoms with Gasteiger partial charge in [-0.25, -0.2) is 27.8 Å². The molecule has 0 amide bonds. The van der Waals surface area contributed by atoms with E-state index in [4.69, 9.17) is 10.5 Å². The Morgan fingerprint density at radius 3 is 2.67 bits per heavy atom. The Labute approximate surface area is 207 Å². The van der Waals surface area contributed by atoms with Crippen molar-refractivity contribution in [2.24, 2.45) is 11.3 Å². The van der Waals surface area contributed by atoms with Crippen molar-refractivity contribution in [2.75, 3.05) is 16.2 Å². The van der Waals surface area contributed by atoms with Gasteiger partial charge in [-0.3, -0.25) is 4.72 Å². The number of ether oxygens (including phenoxy) is 1. The van der Waals surface area contributed by atoms with Gasteiger partial charge in [-0.2, -0.15) is 0 Å². The third kappa shape index (κ3) is 4.11. The average molecular weight is 506 g/mol. The van der Waals surface area contributed by atoms with Gasteiger partial charge < -0.3 is 10.5 Å². The highest BCUT2D eigenvalue weighted by molar-refractivity contribution is 7.92. The predicted molar refractivity (Wildman–Crippen MR) is 136 cm³/mol. The van der Waals surface area contributed by atoms with Gasteiger partial charge in [-0.05, 0) is 73.4 Å². The number of hydrogen-bond donors (Lipinski definition) is 2. The molecular formula is C26H24FN5O3S. The lowest BCUT2D eigenvalue weighted by atomic mass is 10.0. The van der Waals surface area contributed by atoms with Crippen LogP contribution in [0.5, 0.6) is 11.6 Å². The number of pyridine rings is 1. The maximum Gasteiger partial charge on any atom is 0.233 e. The number of hydrogen-bond acceptors (Lipinski definition) is 7. The second kappa shape index (κ2) is 8.12. The topological polar surface area (TPSA) is 120 Å². The number of nitrogens with zero attached hydrogens (tertiary/aromatic N) is 3. The molecule has 1 spiro atoms. The molecule has 36 heavy (non-hydrogen) atoms. The molecule has 6 rings (SSSR count). The zero-order chi connectivity index (χ0) is 25.1. The van der Waals surface area contributed by atoms with Crippen LogP contribution in [-0.4, -0.2) is 29.1 Å². The lowest BCUT2D eigenvalue weighted by Crippen LogP contribution is -2.19. The van der Waals surface area contributed by atoms with Crippen LogP contribution in [0.25, 0.3) is 22.0 Å². The summed E-state index contributed by atoms with van der Waals surface area (Å²) in [6.07, 6.45) is 6.26. The molecule has 2 aromatic heterocycles. The summed E-state index contributed by atoms with van der Waals surface area (Å²) in [6.45, 7) is 1.86. The molecule has 2 fully saturated rings. The molecule has 2 aromatic carbocycles. The van der Waals surface area contributed by atoms with Gasteiger partial charge in [0, 0.05) is 23.2 Å². The fourth-order valence-electron chi connectivity index (χ4n) is 4.89. The lowest BCUT2D eigenvalue weighted by Gasteiger charge is -2.17. The van der Waals surface area contributed by atoms with E-state index < -0.39 is 15.8 Å². The normalized spacial score (nSPS) is 17.8. The van der Waals surface area contributed by atoms with Crippen molar-refractivity contribution in [2.45, 2.75) is 26.2 Å². The molecule has 2 saturated carbocycles. The molecule has 10 heteroatoms. The van der Waals surface area contributed by atoms with E-state index >= 15 is 0 Å². The standard InChI is InChI=1S/C26H24FN5O3S/c1-15-4-5-17-18(6-7-20(27)22(17)32-36(33,34)14-16-13-26(16)9-10-26)23(15)35-24-19(3-2-11-29-24)21-8-12-30-25(28)31-21/h2-8,11-12,16,32H,9-10,13-14H2,1H3,(H2,28,30,31)/t16-/m1/s1. The number of nitrogen functional groups attached to an aromatic ring is 1. The Morgan fingerprint density at radius 1 is 1.11 bits per heavy atom. The molecular weight excluding hydrogens is 481 g/mol. The second-order valence-corrected chi connectivity index (χ2v) is 11.4. The molecule has 2 heterocycles. The van der Waals surface area contributed by atoms with Crippen LogP contribution in [0.15, 0.2) is 54.9 Å². The smallest absolute Gasteiger partial charge is 0.233 e. The van der Waals surface area contributed by atoms with E-state index in [1.807, 2.05) is 6.92 Å². The highest BCUT2D eigenvalue weighted by Crippen LogP contribution is 2.70. The van der Waals surface area contributed by atoms with Crippen molar-refractivity contribution in [1.29, 1.82) is 0 Å². The second-order valence-electron chi connectivity index (χ2n) is 9.63. The number of benzene rings is 2. The van der Waals surface area contributed by atoms with Gasteiger partial charge in [0.2, 0.25) is 21.9 Å². The Morgan fingerprint density at radius 2 is 1.92 bits per heavy atom. The first-order valence-electron chi connectivity index (χ1n) is 11.7. The Hall–Kier alpha value is -3.79. The van der Waals surface area contributed by atoms with E-state index in [0.717, 1.165) is 24.8 Å². The maximum atomic E-state index is 14.9. The number of rotatable bonds is 7. The summed E-state index contributed by atoms with van der Waals surface area (Å²) in [5.41, 5.74) is 7.83. The van der Waals surface area contributed by atoms with Gasteiger partial charge in [0.25, 0.3) is 0 Å². The molecule has 3 N–H and O–H groups in total. The first kappa shape index (κ1) is 22.7. The minimum Gasteiger partial charge on any atom is -0.437 e. The molecule has 8 nitrogen and oxygen atoms in total. The quantitative estimate of drug-likeness (QED) is 0.360. The van der Waals surface area contributed by atoms with Crippen LogP contribution in [0.3, 0.4) is 0 Å². The van der Waals surface area contributed by atoms with Gasteiger partial charge in [0.1, 0.15) is 11.6 Å². The van der Waals surface area contributed by atoms with Gasteiger partial charge >= 0.3 is 0 Å². The third-order valence-electron chi connectivity index (χ3n) is 7.15. The monoisotopic (exact) mass is 505 g/mol. The molecule has 184 valence electrons. The van der Waals surface area contributed by atoms with E-state index in [1.165, 1.54) is 6.07 Å². The van der Waals surface area contributed by atoms with Crippen LogP contribution < -0.4 is 15.2 Å². The zero-order valence-electron chi connectivity index (χ0n) is 19.5. The molecule has 0 aliphatic heterocycles.